The Bertz CT molecular complexity index is 1010. The van der Waals surface area contributed by atoms with E-state index in [0.29, 0.717) is 21.9 Å². The Labute approximate surface area is 118 Å². The lowest BCUT2D eigenvalue weighted by Gasteiger charge is -2.04. The highest BCUT2D eigenvalue weighted by Gasteiger charge is 2.09. The lowest BCUT2D eigenvalue weighted by Crippen LogP contribution is -2.02. The second kappa shape index (κ2) is 4.49. The number of pyridine rings is 1. The Morgan fingerprint density at radius 3 is 2.48 bits per heavy atom. The molecule has 0 bridgehead atoms. The van der Waals surface area contributed by atoms with Crippen molar-refractivity contribution in [3.8, 4) is 11.1 Å². The van der Waals surface area contributed by atoms with Gasteiger partial charge in [0.05, 0.1) is 10.8 Å². The third kappa shape index (κ3) is 1.87. The molecule has 0 aliphatic carbocycles. The summed E-state index contributed by atoms with van der Waals surface area (Å²) in [4.78, 5) is 24.5. The Balaban J connectivity index is 2.06. The van der Waals surface area contributed by atoms with Gasteiger partial charge in [0, 0.05) is 30.4 Å². The molecule has 5 heteroatoms. The van der Waals surface area contributed by atoms with Gasteiger partial charge in [0.15, 0.2) is 0 Å². The van der Waals surface area contributed by atoms with Crippen LogP contribution in [-0.2, 0) is 0 Å². The van der Waals surface area contributed by atoms with Crippen molar-refractivity contribution in [2.75, 3.05) is 0 Å². The van der Waals surface area contributed by atoms with Crippen LogP contribution in [0.3, 0.4) is 0 Å². The predicted octanol–water partition coefficient (Wildman–Crippen LogP) is 2.80. The summed E-state index contributed by atoms with van der Waals surface area (Å²) in [5.74, 6) is 0. The second-order valence-electron chi connectivity index (χ2n) is 4.64. The van der Waals surface area contributed by atoms with Crippen molar-refractivity contribution in [1.29, 1.82) is 0 Å². The fraction of sp³-hybridized carbons (Fsp3) is 0. The molecule has 3 heterocycles. The molecule has 0 atom stereocenters. The monoisotopic (exact) mass is 275 g/mol. The third-order valence-corrected chi connectivity index (χ3v) is 3.36. The molecule has 0 fully saturated rings. The number of aromatic nitrogens is 3. The fourth-order valence-corrected chi connectivity index (χ4v) is 2.33. The van der Waals surface area contributed by atoms with Crippen molar-refractivity contribution >= 4 is 21.9 Å². The van der Waals surface area contributed by atoms with Gasteiger partial charge < -0.3 is 4.42 Å². The maximum absolute atomic E-state index is 12.5. The molecule has 0 N–H and O–H groups in total. The van der Waals surface area contributed by atoms with Crippen molar-refractivity contribution in [1.82, 2.24) is 15.0 Å². The van der Waals surface area contributed by atoms with Crippen LogP contribution < -0.4 is 5.43 Å². The van der Waals surface area contributed by atoms with E-state index < -0.39 is 0 Å². The number of fused-ring (bicyclic) bond motifs is 2. The third-order valence-electron chi connectivity index (χ3n) is 3.36. The van der Waals surface area contributed by atoms with Crippen molar-refractivity contribution in [2.45, 2.75) is 0 Å². The molecule has 21 heavy (non-hydrogen) atoms. The average Bonchev–Trinajstić information content (AvgIpc) is 2.56. The molecule has 1 aromatic carbocycles. The average molecular weight is 275 g/mol. The molecule has 5 nitrogen and oxygen atoms in total. The van der Waals surface area contributed by atoms with E-state index in [4.69, 9.17) is 4.42 Å². The van der Waals surface area contributed by atoms with E-state index in [1.165, 1.54) is 12.5 Å². The number of rotatable bonds is 1. The molecule has 0 radical (unpaired) electrons. The molecule has 4 aromatic rings. The summed E-state index contributed by atoms with van der Waals surface area (Å²) in [5, 5.41) is 1.00. The fourth-order valence-electron chi connectivity index (χ4n) is 2.33. The Morgan fingerprint density at radius 1 is 0.810 bits per heavy atom. The summed E-state index contributed by atoms with van der Waals surface area (Å²) in [6.45, 7) is 0. The van der Waals surface area contributed by atoms with Gasteiger partial charge >= 0.3 is 0 Å². The molecule has 0 unspecified atom stereocenters. The van der Waals surface area contributed by atoms with Gasteiger partial charge in [-0.1, -0.05) is 6.07 Å². The highest BCUT2D eigenvalue weighted by molar-refractivity contribution is 5.91. The maximum Gasteiger partial charge on any atom is 0.202 e. The van der Waals surface area contributed by atoms with E-state index in [0.717, 1.165) is 11.1 Å². The second-order valence-corrected chi connectivity index (χ2v) is 4.64. The first-order valence-corrected chi connectivity index (χ1v) is 6.39. The molecular weight excluding hydrogens is 266 g/mol. The summed E-state index contributed by atoms with van der Waals surface area (Å²) in [6, 6.07) is 7.16. The molecule has 4 rings (SSSR count). The molecule has 0 aliphatic heterocycles. The van der Waals surface area contributed by atoms with E-state index >= 15 is 0 Å². The van der Waals surface area contributed by atoms with Gasteiger partial charge in [-0.15, -0.1) is 0 Å². The molecule has 0 amide bonds. The minimum absolute atomic E-state index is 0.0851. The predicted molar refractivity (Wildman–Crippen MR) is 78.8 cm³/mol. The normalized spacial score (nSPS) is 11.0. The van der Waals surface area contributed by atoms with Crippen LogP contribution in [0.15, 0.2) is 64.6 Å². The van der Waals surface area contributed by atoms with Crippen molar-refractivity contribution in [2.24, 2.45) is 0 Å². The number of nitrogens with zero attached hydrogens (tertiary/aromatic N) is 3. The highest BCUT2D eigenvalue weighted by Crippen LogP contribution is 2.24. The smallest absolute Gasteiger partial charge is 0.202 e. The molecule has 3 aromatic heterocycles. The standard InChI is InChI=1S/C16H9N3O2/c20-16-12-5-10(11-6-18-9-19-7-11)1-2-14(12)21-15-3-4-17-8-13(15)16/h1-9H. The van der Waals surface area contributed by atoms with Crippen LogP contribution in [0.5, 0.6) is 0 Å². The minimum atomic E-state index is -0.0851. The first kappa shape index (κ1) is 11.7. The van der Waals surface area contributed by atoms with Crippen LogP contribution in [0.4, 0.5) is 0 Å². The summed E-state index contributed by atoms with van der Waals surface area (Å²) < 4.78 is 5.75. The van der Waals surface area contributed by atoms with Crippen molar-refractivity contribution < 1.29 is 4.42 Å². The van der Waals surface area contributed by atoms with Gasteiger partial charge in [0.2, 0.25) is 5.43 Å². The topological polar surface area (TPSA) is 68.9 Å². The molecule has 0 spiro atoms. The Kier molecular flexibility index (Phi) is 2.50. The SMILES string of the molecule is O=c1c2cnccc2oc2ccc(-c3cncnc3)cc12. The van der Waals surface area contributed by atoms with Crippen molar-refractivity contribution in [3.05, 3.63) is 65.6 Å². The Morgan fingerprint density at radius 2 is 1.62 bits per heavy atom. The molecule has 0 aliphatic rings. The van der Waals surface area contributed by atoms with E-state index in [-0.39, 0.29) is 5.43 Å². The zero-order valence-electron chi connectivity index (χ0n) is 10.9. The van der Waals surface area contributed by atoms with Gasteiger partial charge in [-0.3, -0.25) is 9.78 Å². The quantitative estimate of drug-likeness (QED) is 0.500. The van der Waals surface area contributed by atoms with E-state index in [1.54, 1.807) is 36.8 Å². The van der Waals surface area contributed by atoms with Gasteiger partial charge in [-0.2, -0.15) is 0 Å². The summed E-state index contributed by atoms with van der Waals surface area (Å²) in [7, 11) is 0. The molecule has 100 valence electrons. The Hall–Kier alpha value is -3.08. The maximum atomic E-state index is 12.5. The summed E-state index contributed by atoms with van der Waals surface area (Å²) in [6.07, 6.45) is 8.01. The van der Waals surface area contributed by atoms with E-state index in [9.17, 15) is 4.79 Å². The van der Waals surface area contributed by atoms with Crippen LogP contribution >= 0.6 is 0 Å². The van der Waals surface area contributed by atoms with Crippen LogP contribution in [0, 0.1) is 0 Å². The zero-order valence-corrected chi connectivity index (χ0v) is 10.9. The number of benzene rings is 1. The number of hydrogen-bond donors (Lipinski definition) is 0. The van der Waals surface area contributed by atoms with E-state index in [2.05, 4.69) is 15.0 Å². The van der Waals surface area contributed by atoms with Crippen LogP contribution in [0.2, 0.25) is 0 Å². The van der Waals surface area contributed by atoms with E-state index in [1.807, 2.05) is 6.07 Å². The van der Waals surface area contributed by atoms with Gasteiger partial charge in [-0.05, 0) is 23.8 Å². The molecule has 0 saturated heterocycles. The van der Waals surface area contributed by atoms with Gasteiger partial charge in [-0.25, -0.2) is 9.97 Å². The largest absolute Gasteiger partial charge is 0.456 e. The van der Waals surface area contributed by atoms with Crippen molar-refractivity contribution in [3.63, 3.8) is 0 Å². The number of hydrogen-bond acceptors (Lipinski definition) is 5. The first-order chi connectivity index (χ1) is 10.3. The zero-order chi connectivity index (χ0) is 14.2. The molecule has 0 saturated carbocycles. The lowest BCUT2D eigenvalue weighted by atomic mass is 10.1. The molecular formula is C16H9N3O2. The van der Waals surface area contributed by atoms with Crippen LogP contribution in [0.1, 0.15) is 0 Å². The first-order valence-electron chi connectivity index (χ1n) is 6.39. The highest BCUT2D eigenvalue weighted by atomic mass is 16.3. The lowest BCUT2D eigenvalue weighted by molar-refractivity contribution is 0.659. The van der Waals surface area contributed by atoms with Crippen LogP contribution in [-0.4, -0.2) is 15.0 Å². The summed E-state index contributed by atoms with van der Waals surface area (Å²) in [5.41, 5.74) is 2.74. The summed E-state index contributed by atoms with van der Waals surface area (Å²) >= 11 is 0. The van der Waals surface area contributed by atoms with Gasteiger partial charge in [0.25, 0.3) is 0 Å². The van der Waals surface area contributed by atoms with Gasteiger partial charge in [0.1, 0.15) is 17.5 Å². The van der Waals surface area contributed by atoms with Crippen LogP contribution in [0.25, 0.3) is 33.1 Å². The minimum Gasteiger partial charge on any atom is -0.456 e.